The minimum Gasteiger partial charge on any atom is -0.333 e. The third-order valence-corrected chi connectivity index (χ3v) is 3.67. The van der Waals surface area contributed by atoms with Gasteiger partial charge in [-0.1, -0.05) is 6.92 Å². The molecule has 0 aliphatic carbocycles. The summed E-state index contributed by atoms with van der Waals surface area (Å²) in [5.41, 5.74) is -0.605. The van der Waals surface area contributed by atoms with Crippen LogP contribution in [0.2, 0.25) is 0 Å². The van der Waals surface area contributed by atoms with Crippen LogP contribution in [-0.2, 0) is 4.79 Å². The van der Waals surface area contributed by atoms with Crippen molar-refractivity contribution >= 4 is 5.91 Å². The van der Waals surface area contributed by atoms with Crippen molar-refractivity contribution in [1.82, 2.24) is 4.90 Å². The first-order chi connectivity index (χ1) is 10.1. The number of hydrogen-bond donors (Lipinski definition) is 0. The lowest BCUT2D eigenvalue weighted by molar-refractivity contribution is -0.167. The van der Waals surface area contributed by atoms with E-state index in [2.05, 4.69) is 0 Å². The first kappa shape index (κ1) is 16.6. The van der Waals surface area contributed by atoms with Gasteiger partial charge in [-0.25, -0.2) is 13.2 Å². The summed E-state index contributed by atoms with van der Waals surface area (Å²) in [5, 5.41) is 0. The van der Waals surface area contributed by atoms with E-state index < -0.39 is 60.0 Å². The van der Waals surface area contributed by atoms with Crippen LogP contribution < -0.4 is 0 Å². The molecule has 2 rings (SSSR count). The molecule has 0 bridgehead atoms. The number of alkyl halides is 3. The van der Waals surface area contributed by atoms with Crippen LogP contribution in [0.25, 0.3) is 0 Å². The van der Waals surface area contributed by atoms with Gasteiger partial charge in [0.25, 0.3) is 0 Å². The van der Waals surface area contributed by atoms with Crippen LogP contribution in [0.1, 0.15) is 24.8 Å². The predicted octanol–water partition coefficient (Wildman–Crippen LogP) is 3.62. The quantitative estimate of drug-likeness (QED) is 0.601. The molecule has 22 heavy (non-hydrogen) atoms. The summed E-state index contributed by atoms with van der Waals surface area (Å²) in [6, 6.07) is 1.34. The number of carbonyl (C=O) groups is 1. The van der Waals surface area contributed by atoms with E-state index in [0.717, 1.165) is 6.07 Å². The molecule has 1 aromatic carbocycles. The zero-order chi connectivity index (χ0) is 16.7. The average molecular weight is 325 g/mol. The Labute approximate surface area is 122 Å². The standard InChI is InChI=1S/C14H13F6NO/c1-7-4-8(5-21(13(7)22)6-14(18,19)20)11-9(15)2-3-10(16)12(11)17/h2-3,7-8H,4-6H2,1H3. The van der Waals surface area contributed by atoms with Crippen molar-refractivity contribution in [3.8, 4) is 0 Å². The Hall–Kier alpha value is -1.73. The van der Waals surface area contributed by atoms with Crippen LogP contribution in [0, 0.1) is 23.4 Å². The highest BCUT2D eigenvalue weighted by atomic mass is 19.4. The van der Waals surface area contributed by atoms with Crippen molar-refractivity contribution < 1.29 is 31.1 Å². The minimum atomic E-state index is -4.61. The van der Waals surface area contributed by atoms with Gasteiger partial charge in [0.05, 0.1) is 0 Å². The lowest BCUT2D eigenvalue weighted by Crippen LogP contribution is -2.48. The van der Waals surface area contributed by atoms with E-state index in [1.807, 2.05) is 0 Å². The van der Waals surface area contributed by atoms with Crippen LogP contribution in [0.3, 0.4) is 0 Å². The highest BCUT2D eigenvalue weighted by Crippen LogP contribution is 2.35. The van der Waals surface area contributed by atoms with Crippen molar-refractivity contribution in [2.45, 2.75) is 25.4 Å². The lowest BCUT2D eigenvalue weighted by atomic mass is 9.84. The molecule has 0 spiro atoms. The number of nitrogens with zero attached hydrogens (tertiary/aromatic N) is 1. The van der Waals surface area contributed by atoms with E-state index in [1.54, 1.807) is 0 Å². The third kappa shape index (κ3) is 3.36. The maximum atomic E-state index is 13.8. The molecule has 1 aliphatic rings. The second-order valence-electron chi connectivity index (χ2n) is 5.42. The molecule has 1 aliphatic heterocycles. The van der Waals surface area contributed by atoms with Gasteiger partial charge in [0, 0.05) is 23.9 Å². The first-order valence-electron chi connectivity index (χ1n) is 6.59. The molecule has 2 unspecified atom stereocenters. The maximum absolute atomic E-state index is 13.8. The maximum Gasteiger partial charge on any atom is 0.406 e. The SMILES string of the molecule is CC1CC(c2c(F)ccc(F)c2F)CN(CC(F)(F)F)C1=O. The van der Waals surface area contributed by atoms with E-state index in [4.69, 9.17) is 0 Å². The molecular weight excluding hydrogens is 312 g/mol. The molecule has 0 radical (unpaired) electrons. The summed E-state index contributed by atoms with van der Waals surface area (Å²) < 4.78 is 78.3. The molecule has 0 saturated carbocycles. The summed E-state index contributed by atoms with van der Waals surface area (Å²) in [5.74, 6) is -6.31. The molecule has 122 valence electrons. The van der Waals surface area contributed by atoms with Gasteiger partial charge in [-0.2, -0.15) is 13.2 Å². The number of piperidine rings is 1. The Kier molecular flexibility index (Phi) is 4.39. The average Bonchev–Trinajstić information content (AvgIpc) is 2.38. The normalized spacial score (nSPS) is 23.0. The van der Waals surface area contributed by atoms with Crippen LogP contribution in [0.5, 0.6) is 0 Å². The Bertz CT molecular complexity index is 585. The van der Waals surface area contributed by atoms with Crippen LogP contribution in [0.4, 0.5) is 26.3 Å². The number of likely N-dealkylation sites (tertiary alicyclic amines) is 1. The highest BCUT2D eigenvalue weighted by Gasteiger charge is 2.40. The minimum absolute atomic E-state index is 0.0372. The van der Waals surface area contributed by atoms with Crippen molar-refractivity contribution in [1.29, 1.82) is 0 Å². The summed E-state index contributed by atoms with van der Waals surface area (Å²) >= 11 is 0. The second-order valence-corrected chi connectivity index (χ2v) is 5.42. The van der Waals surface area contributed by atoms with Gasteiger partial charge in [-0.3, -0.25) is 4.79 Å². The van der Waals surface area contributed by atoms with Gasteiger partial charge >= 0.3 is 6.18 Å². The van der Waals surface area contributed by atoms with Crippen LogP contribution in [-0.4, -0.2) is 30.1 Å². The largest absolute Gasteiger partial charge is 0.406 e. The van der Waals surface area contributed by atoms with Crippen molar-refractivity contribution in [2.24, 2.45) is 5.92 Å². The number of hydrogen-bond acceptors (Lipinski definition) is 1. The van der Waals surface area contributed by atoms with Gasteiger partial charge in [-0.05, 0) is 18.6 Å². The van der Waals surface area contributed by atoms with Crippen molar-refractivity contribution in [3.63, 3.8) is 0 Å². The molecule has 1 saturated heterocycles. The van der Waals surface area contributed by atoms with Gasteiger partial charge in [-0.15, -0.1) is 0 Å². The number of amides is 1. The molecule has 2 atom stereocenters. The number of rotatable bonds is 2. The Morgan fingerprint density at radius 2 is 1.77 bits per heavy atom. The Balaban J connectivity index is 2.33. The Morgan fingerprint density at radius 1 is 1.18 bits per heavy atom. The molecular formula is C14H13F6NO. The van der Waals surface area contributed by atoms with E-state index >= 15 is 0 Å². The Morgan fingerprint density at radius 3 is 2.36 bits per heavy atom. The number of benzene rings is 1. The molecule has 1 amide bonds. The van der Waals surface area contributed by atoms with E-state index in [9.17, 15) is 31.1 Å². The fraction of sp³-hybridized carbons (Fsp3) is 0.500. The molecule has 0 aromatic heterocycles. The summed E-state index contributed by atoms with van der Waals surface area (Å²) in [6.45, 7) is -0.613. The fourth-order valence-electron chi connectivity index (χ4n) is 2.75. The molecule has 0 N–H and O–H groups in total. The van der Waals surface area contributed by atoms with Crippen molar-refractivity contribution in [3.05, 3.63) is 35.1 Å². The summed E-state index contributed by atoms with van der Waals surface area (Å²) in [7, 11) is 0. The van der Waals surface area contributed by atoms with E-state index in [0.29, 0.717) is 11.0 Å². The number of halogens is 6. The zero-order valence-corrected chi connectivity index (χ0v) is 11.6. The third-order valence-electron chi connectivity index (χ3n) is 3.67. The van der Waals surface area contributed by atoms with E-state index in [-0.39, 0.29) is 6.42 Å². The predicted molar refractivity (Wildman–Crippen MR) is 65.5 cm³/mol. The summed E-state index contributed by atoms with van der Waals surface area (Å²) in [6.07, 6.45) is -4.65. The highest BCUT2D eigenvalue weighted by molar-refractivity contribution is 5.79. The van der Waals surface area contributed by atoms with E-state index in [1.165, 1.54) is 6.92 Å². The van der Waals surface area contributed by atoms with Crippen molar-refractivity contribution in [2.75, 3.05) is 13.1 Å². The monoisotopic (exact) mass is 325 g/mol. The lowest BCUT2D eigenvalue weighted by Gasteiger charge is -2.36. The van der Waals surface area contributed by atoms with Gasteiger partial charge < -0.3 is 4.90 Å². The molecule has 1 heterocycles. The first-order valence-corrected chi connectivity index (χ1v) is 6.59. The molecule has 1 fully saturated rings. The van der Waals surface area contributed by atoms with Gasteiger partial charge in [0.2, 0.25) is 5.91 Å². The van der Waals surface area contributed by atoms with Gasteiger partial charge in [0.15, 0.2) is 11.6 Å². The van der Waals surface area contributed by atoms with Crippen LogP contribution >= 0.6 is 0 Å². The van der Waals surface area contributed by atoms with Crippen LogP contribution in [0.15, 0.2) is 12.1 Å². The smallest absolute Gasteiger partial charge is 0.333 e. The molecule has 8 heteroatoms. The fourth-order valence-corrected chi connectivity index (χ4v) is 2.75. The zero-order valence-electron chi connectivity index (χ0n) is 11.6. The topological polar surface area (TPSA) is 20.3 Å². The summed E-state index contributed by atoms with van der Waals surface area (Å²) in [4.78, 5) is 12.3. The molecule has 2 nitrogen and oxygen atoms in total. The van der Waals surface area contributed by atoms with Gasteiger partial charge in [0.1, 0.15) is 12.4 Å². The second kappa shape index (κ2) is 5.81. The number of carbonyl (C=O) groups excluding carboxylic acids is 1. The molecule has 1 aromatic rings.